The molecule has 19 heteroatoms. The largest absolute Gasteiger partial charge is 0.472 e. The summed E-state index contributed by atoms with van der Waals surface area (Å²) in [5.74, 6) is -2.26. The van der Waals surface area contributed by atoms with Gasteiger partial charge in [-0.15, -0.1) is 0 Å². The lowest BCUT2D eigenvalue weighted by Crippen LogP contribution is -2.30. The number of hydrogen-bond donors (Lipinski definition) is 3. The highest BCUT2D eigenvalue weighted by atomic mass is 31.2. The van der Waals surface area contributed by atoms with E-state index in [9.17, 15) is 43.2 Å². The SMILES string of the molecule is CC/C=C\C/C=C\C/C=C\C/C=C\C/C=C\CCCCCC(=O)OC[C@H](COP(=O)(O)OC[C@@H](O)COP(=O)(O)OC[C@@H](COC(=O)CCCCC/C=C\C/C=C\C/C=C\C/C=C\C/C=C\CC)OC(=O)CCCCCCCCC/C=C\CCCCCC)OC(=O)CCCCCCC/C=C\CCCCCCCC. The van der Waals surface area contributed by atoms with Gasteiger partial charge in [0.1, 0.15) is 19.3 Å². The zero-order chi connectivity index (χ0) is 78.9. The summed E-state index contributed by atoms with van der Waals surface area (Å²) in [4.78, 5) is 73.2. The minimum atomic E-state index is -5.00. The predicted octanol–water partition coefficient (Wildman–Crippen LogP) is 25.0. The number of esters is 4. The van der Waals surface area contributed by atoms with Crippen molar-refractivity contribution in [3.8, 4) is 0 Å². The minimum Gasteiger partial charge on any atom is -0.462 e. The van der Waals surface area contributed by atoms with Gasteiger partial charge in [-0.2, -0.15) is 0 Å². The molecule has 618 valence electrons. The fourth-order valence-electron chi connectivity index (χ4n) is 10.9. The van der Waals surface area contributed by atoms with Crippen LogP contribution in [0, 0.1) is 0 Å². The van der Waals surface area contributed by atoms with Gasteiger partial charge in [0.15, 0.2) is 12.2 Å². The molecule has 0 rings (SSSR count). The normalized spacial score (nSPS) is 14.5. The maximum atomic E-state index is 13.1. The average Bonchev–Trinajstić information content (AvgIpc) is 0.923. The Kier molecular flexibility index (Phi) is 76.3. The minimum absolute atomic E-state index is 0.0737. The summed E-state index contributed by atoms with van der Waals surface area (Å²) < 4.78 is 68.7. The summed E-state index contributed by atoms with van der Waals surface area (Å²) in [5, 5.41) is 10.7. The second-order valence-corrected chi connectivity index (χ2v) is 30.6. The second-order valence-electron chi connectivity index (χ2n) is 27.6. The molecule has 0 aromatic rings. The standard InChI is InChI=1S/C89H150O17P2/c1-5-9-13-17-21-25-29-33-37-39-41-43-47-49-53-57-61-65-69-73-86(91)99-79-84(105-88(93)75-71-67-63-59-55-51-45-35-31-27-23-19-15-11-7-3)81-103-107(95,96)101-77-83(90)78-102-108(97,98)104-82-85(106-89(94)76-72-68-64-60-56-52-46-36-32-28-24-20-16-12-8-4)80-100-87(92)74-70-66-62-58-54-50-48-44-42-40-38-34-30-26-22-18-14-10-6-2/h9-10,13-14,21-22,25-27,31,33-34,36-38,41-44,46,49-50,53-54,83-85,90H,5-8,11-12,15-20,23-24,28-30,32,35,39-40,45,47-48,51-52,55-82H2,1-4H3,(H,95,96)(H,97,98)/b13-9-,14-10-,25-21-,26-22-,31-27-,37-33-,38-34-,43-41-,44-42-,46-36-,53-49-,54-50-/t83-,84+,85+/m0/s1. The van der Waals surface area contributed by atoms with Gasteiger partial charge in [-0.05, 0) is 167 Å². The van der Waals surface area contributed by atoms with Crippen molar-refractivity contribution in [2.45, 2.75) is 354 Å². The van der Waals surface area contributed by atoms with Crippen molar-refractivity contribution in [1.29, 1.82) is 0 Å². The van der Waals surface area contributed by atoms with E-state index in [4.69, 9.17) is 37.0 Å². The number of aliphatic hydroxyl groups excluding tert-OH is 1. The molecular weight excluding hydrogens is 1400 g/mol. The van der Waals surface area contributed by atoms with Gasteiger partial charge < -0.3 is 33.8 Å². The lowest BCUT2D eigenvalue weighted by Gasteiger charge is -2.21. The van der Waals surface area contributed by atoms with Crippen LogP contribution in [0.5, 0.6) is 0 Å². The fourth-order valence-corrected chi connectivity index (χ4v) is 12.5. The molecule has 3 N–H and O–H groups in total. The van der Waals surface area contributed by atoms with Gasteiger partial charge in [-0.1, -0.05) is 289 Å². The summed E-state index contributed by atoms with van der Waals surface area (Å²) in [6, 6.07) is 0. The maximum Gasteiger partial charge on any atom is 0.472 e. The molecule has 0 saturated heterocycles. The van der Waals surface area contributed by atoms with Crippen LogP contribution in [0.15, 0.2) is 146 Å². The predicted molar refractivity (Wildman–Crippen MR) is 445 cm³/mol. The van der Waals surface area contributed by atoms with E-state index in [1.54, 1.807) is 0 Å². The molecule has 0 aliphatic carbocycles. The first kappa shape index (κ1) is 103. The zero-order valence-electron chi connectivity index (χ0n) is 67.7. The molecule has 0 aromatic heterocycles. The number of carbonyl (C=O) groups is 4. The number of phosphoric acid groups is 2. The summed E-state index contributed by atoms with van der Waals surface area (Å²) in [6.07, 6.45) is 92.4. The summed E-state index contributed by atoms with van der Waals surface area (Å²) in [5.41, 5.74) is 0. The van der Waals surface area contributed by atoms with Crippen molar-refractivity contribution in [2.75, 3.05) is 39.6 Å². The highest BCUT2D eigenvalue weighted by Crippen LogP contribution is 2.45. The van der Waals surface area contributed by atoms with E-state index < -0.39 is 97.5 Å². The molecule has 0 spiro atoms. The van der Waals surface area contributed by atoms with Crippen LogP contribution in [0.2, 0.25) is 0 Å². The molecule has 0 heterocycles. The summed E-state index contributed by atoms with van der Waals surface area (Å²) >= 11 is 0. The number of rotatable bonds is 78. The molecule has 0 aliphatic rings. The number of unbranched alkanes of at least 4 members (excludes halogenated alkanes) is 28. The lowest BCUT2D eigenvalue weighted by molar-refractivity contribution is -0.161. The van der Waals surface area contributed by atoms with Crippen LogP contribution in [0.3, 0.4) is 0 Å². The Hall–Kier alpha value is -5.06. The Morgan fingerprint density at radius 1 is 0.269 bits per heavy atom. The lowest BCUT2D eigenvalue weighted by atomic mass is 10.1. The van der Waals surface area contributed by atoms with E-state index in [2.05, 4.69) is 174 Å². The van der Waals surface area contributed by atoms with Crippen molar-refractivity contribution in [3.05, 3.63) is 146 Å². The molecular formula is C89H150O17P2. The van der Waals surface area contributed by atoms with Gasteiger partial charge in [0.2, 0.25) is 0 Å². The average molecular weight is 1550 g/mol. The van der Waals surface area contributed by atoms with Crippen LogP contribution in [-0.2, 0) is 65.4 Å². The number of ether oxygens (including phenoxy) is 4. The first-order valence-corrected chi connectivity index (χ1v) is 45.1. The molecule has 0 amide bonds. The third-order valence-corrected chi connectivity index (χ3v) is 19.2. The highest BCUT2D eigenvalue weighted by molar-refractivity contribution is 7.47. The third kappa shape index (κ3) is 79.0. The number of aliphatic hydroxyl groups is 1. The zero-order valence-corrected chi connectivity index (χ0v) is 69.5. The number of phosphoric ester groups is 2. The Balaban J connectivity index is 5.44. The van der Waals surface area contributed by atoms with Crippen LogP contribution in [0.4, 0.5) is 0 Å². The van der Waals surface area contributed by atoms with E-state index in [0.717, 1.165) is 193 Å². The first-order valence-electron chi connectivity index (χ1n) is 42.1. The van der Waals surface area contributed by atoms with Crippen LogP contribution < -0.4 is 0 Å². The molecule has 5 atom stereocenters. The van der Waals surface area contributed by atoms with Crippen molar-refractivity contribution in [2.24, 2.45) is 0 Å². The van der Waals surface area contributed by atoms with Gasteiger partial charge >= 0.3 is 39.5 Å². The van der Waals surface area contributed by atoms with E-state index in [1.165, 1.54) is 64.2 Å². The smallest absolute Gasteiger partial charge is 0.462 e. The van der Waals surface area contributed by atoms with Crippen LogP contribution in [0.25, 0.3) is 0 Å². The molecule has 0 saturated carbocycles. The molecule has 0 fully saturated rings. The van der Waals surface area contributed by atoms with Gasteiger partial charge in [0.05, 0.1) is 26.4 Å². The Labute approximate surface area is 656 Å². The van der Waals surface area contributed by atoms with Crippen LogP contribution >= 0.6 is 15.6 Å². The molecule has 0 radical (unpaired) electrons. The number of allylic oxidation sites excluding steroid dienone is 24. The topological polar surface area (TPSA) is 237 Å². The van der Waals surface area contributed by atoms with E-state index >= 15 is 0 Å². The second kappa shape index (κ2) is 80.0. The van der Waals surface area contributed by atoms with Crippen LogP contribution in [0.1, 0.15) is 336 Å². The Bertz CT molecular complexity index is 2610. The van der Waals surface area contributed by atoms with E-state index in [1.807, 2.05) is 0 Å². The Morgan fingerprint density at radius 2 is 0.481 bits per heavy atom. The van der Waals surface area contributed by atoms with Crippen molar-refractivity contribution in [1.82, 2.24) is 0 Å². The van der Waals surface area contributed by atoms with E-state index in [-0.39, 0.29) is 25.7 Å². The van der Waals surface area contributed by atoms with E-state index in [0.29, 0.717) is 25.7 Å². The summed E-state index contributed by atoms with van der Waals surface area (Å²) in [6.45, 7) is 4.57. The fraction of sp³-hybridized carbons (Fsp3) is 0.685. The maximum absolute atomic E-state index is 13.1. The third-order valence-electron chi connectivity index (χ3n) is 17.3. The van der Waals surface area contributed by atoms with Gasteiger partial charge in [0, 0.05) is 25.7 Å². The van der Waals surface area contributed by atoms with Gasteiger partial charge in [0.25, 0.3) is 0 Å². The quantitative estimate of drug-likeness (QED) is 0.0169. The molecule has 0 bridgehead atoms. The van der Waals surface area contributed by atoms with Crippen molar-refractivity contribution < 1.29 is 80.2 Å². The van der Waals surface area contributed by atoms with Gasteiger partial charge in [-0.3, -0.25) is 37.3 Å². The Morgan fingerprint density at radius 3 is 0.769 bits per heavy atom. The number of carbonyl (C=O) groups excluding carboxylic acids is 4. The van der Waals surface area contributed by atoms with Crippen molar-refractivity contribution >= 4 is 39.5 Å². The number of hydrogen-bond acceptors (Lipinski definition) is 15. The monoisotopic (exact) mass is 1550 g/mol. The van der Waals surface area contributed by atoms with Crippen molar-refractivity contribution in [3.63, 3.8) is 0 Å². The molecule has 17 nitrogen and oxygen atoms in total. The molecule has 108 heavy (non-hydrogen) atoms. The first-order chi connectivity index (χ1) is 52.7. The summed E-state index contributed by atoms with van der Waals surface area (Å²) in [7, 11) is -9.99. The highest BCUT2D eigenvalue weighted by Gasteiger charge is 2.30. The molecule has 0 aliphatic heterocycles. The van der Waals surface area contributed by atoms with Gasteiger partial charge in [-0.25, -0.2) is 9.13 Å². The molecule has 2 unspecified atom stereocenters. The van der Waals surface area contributed by atoms with Crippen LogP contribution in [-0.4, -0.2) is 96.7 Å². The molecule has 0 aromatic carbocycles.